The number of rotatable bonds is 5. The van der Waals surface area contributed by atoms with Gasteiger partial charge in [0.05, 0.1) is 26.9 Å². The van der Waals surface area contributed by atoms with Gasteiger partial charge in [-0.1, -0.05) is 35.5 Å². The summed E-state index contributed by atoms with van der Waals surface area (Å²) in [5.74, 6) is 0.230. The lowest BCUT2D eigenvalue weighted by molar-refractivity contribution is -0.384. The Bertz CT molecular complexity index is 1280. The molecule has 0 spiro atoms. The molecule has 146 valence electrons. The highest BCUT2D eigenvalue weighted by atomic mass is 35.5. The van der Waals surface area contributed by atoms with E-state index in [1.54, 1.807) is 11.4 Å². The number of aryl methyl sites for hydroxylation is 1. The van der Waals surface area contributed by atoms with E-state index >= 15 is 0 Å². The Morgan fingerprint density at radius 1 is 1.28 bits per heavy atom. The first kappa shape index (κ1) is 19.1. The van der Waals surface area contributed by atoms with E-state index < -0.39 is 4.92 Å². The van der Waals surface area contributed by atoms with E-state index in [9.17, 15) is 14.9 Å². The summed E-state index contributed by atoms with van der Waals surface area (Å²) in [4.78, 5) is 31.8. The smallest absolute Gasteiger partial charge is 0.271 e. The number of thioether (sulfide) groups is 1. The third-order valence-electron chi connectivity index (χ3n) is 4.02. The number of aromatic nitrogens is 4. The summed E-state index contributed by atoms with van der Waals surface area (Å²) in [6.45, 7) is 1.78. The van der Waals surface area contributed by atoms with Gasteiger partial charge in [-0.3, -0.25) is 14.9 Å². The van der Waals surface area contributed by atoms with Gasteiger partial charge in [-0.2, -0.15) is 4.52 Å². The Balaban J connectivity index is 1.57. The molecule has 0 aliphatic carbocycles. The standard InChI is InChI=1S/C18H13ClN6O3S/c1-10-20-17-12-4-2-3-5-14(12)22-18(24(17)23-10)29-9-16(26)21-15-8-11(25(27)28)6-7-13(15)19/h2-8H,9H2,1H3,(H,21,26). The zero-order valence-electron chi connectivity index (χ0n) is 15.0. The number of nitrogens with zero attached hydrogens (tertiary/aromatic N) is 5. The van der Waals surface area contributed by atoms with Crippen molar-refractivity contribution in [2.75, 3.05) is 11.1 Å². The molecule has 0 atom stereocenters. The van der Waals surface area contributed by atoms with Crippen LogP contribution in [0.15, 0.2) is 47.6 Å². The number of nitro benzene ring substituents is 1. The number of carbonyl (C=O) groups is 1. The average molecular weight is 429 g/mol. The molecule has 1 amide bonds. The minimum atomic E-state index is -0.552. The van der Waals surface area contributed by atoms with E-state index in [0.29, 0.717) is 16.6 Å². The van der Waals surface area contributed by atoms with Crippen LogP contribution in [0.1, 0.15) is 5.82 Å². The number of non-ortho nitro benzene ring substituents is 1. The minimum Gasteiger partial charge on any atom is -0.324 e. The summed E-state index contributed by atoms with van der Waals surface area (Å²) in [5.41, 5.74) is 1.43. The van der Waals surface area contributed by atoms with Crippen molar-refractivity contribution in [3.8, 4) is 0 Å². The second-order valence-corrected chi connectivity index (χ2v) is 7.41. The van der Waals surface area contributed by atoms with Crippen molar-refractivity contribution in [3.05, 3.63) is 63.4 Å². The van der Waals surface area contributed by atoms with Gasteiger partial charge in [-0.25, -0.2) is 9.97 Å². The van der Waals surface area contributed by atoms with Crippen LogP contribution in [0, 0.1) is 17.0 Å². The van der Waals surface area contributed by atoms with Gasteiger partial charge in [0.25, 0.3) is 5.69 Å². The third kappa shape index (κ3) is 3.84. The number of nitro groups is 1. The molecule has 2 aromatic carbocycles. The Labute approximate surface area is 173 Å². The molecule has 9 nitrogen and oxygen atoms in total. The maximum absolute atomic E-state index is 12.4. The maximum atomic E-state index is 12.4. The number of hydrogen-bond acceptors (Lipinski definition) is 7. The molecule has 0 fully saturated rings. The highest BCUT2D eigenvalue weighted by Gasteiger charge is 2.15. The molecule has 0 aliphatic heterocycles. The fourth-order valence-corrected chi connectivity index (χ4v) is 3.68. The molecule has 11 heteroatoms. The molecule has 0 saturated heterocycles. The average Bonchev–Trinajstić information content (AvgIpc) is 3.09. The van der Waals surface area contributed by atoms with Crippen LogP contribution < -0.4 is 5.32 Å². The van der Waals surface area contributed by atoms with Crippen molar-refractivity contribution in [1.82, 2.24) is 19.6 Å². The van der Waals surface area contributed by atoms with E-state index in [2.05, 4.69) is 20.4 Å². The SMILES string of the molecule is Cc1nc2c3ccccc3nc(SCC(=O)Nc3cc([N+](=O)[O-])ccc3Cl)n2n1. The van der Waals surface area contributed by atoms with Crippen LogP contribution in [0.3, 0.4) is 0 Å². The fourth-order valence-electron chi connectivity index (χ4n) is 2.77. The number of benzene rings is 2. The van der Waals surface area contributed by atoms with Crippen molar-refractivity contribution < 1.29 is 9.72 Å². The quantitative estimate of drug-likeness (QED) is 0.222. The predicted molar refractivity (Wildman–Crippen MR) is 110 cm³/mol. The highest BCUT2D eigenvalue weighted by molar-refractivity contribution is 7.99. The first-order valence-electron chi connectivity index (χ1n) is 8.41. The molecule has 0 bridgehead atoms. The van der Waals surface area contributed by atoms with Gasteiger partial charge in [-0.15, -0.1) is 5.10 Å². The number of nitrogens with one attached hydrogen (secondary N) is 1. The Hall–Kier alpha value is -3.24. The second kappa shape index (κ2) is 7.64. The van der Waals surface area contributed by atoms with Crippen molar-refractivity contribution >= 4 is 57.2 Å². The van der Waals surface area contributed by atoms with Crippen LogP contribution in [0.2, 0.25) is 5.02 Å². The zero-order valence-corrected chi connectivity index (χ0v) is 16.6. The summed E-state index contributed by atoms with van der Waals surface area (Å²) in [6.07, 6.45) is 0. The Morgan fingerprint density at radius 2 is 2.07 bits per heavy atom. The van der Waals surface area contributed by atoms with E-state index in [-0.39, 0.29) is 28.1 Å². The van der Waals surface area contributed by atoms with Gasteiger partial charge < -0.3 is 5.32 Å². The van der Waals surface area contributed by atoms with Gasteiger partial charge in [0.15, 0.2) is 10.8 Å². The maximum Gasteiger partial charge on any atom is 0.271 e. The van der Waals surface area contributed by atoms with E-state index in [4.69, 9.17) is 11.6 Å². The largest absolute Gasteiger partial charge is 0.324 e. The number of fused-ring (bicyclic) bond motifs is 3. The lowest BCUT2D eigenvalue weighted by Crippen LogP contribution is -2.15. The van der Waals surface area contributed by atoms with Crippen LogP contribution in [0.4, 0.5) is 11.4 Å². The summed E-state index contributed by atoms with van der Waals surface area (Å²) in [6, 6.07) is 11.4. The molecule has 2 heterocycles. The third-order valence-corrected chi connectivity index (χ3v) is 5.28. The van der Waals surface area contributed by atoms with Gasteiger partial charge in [0.1, 0.15) is 5.82 Å². The molecule has 29 heavy (non-hydrogen) atoms. The van der Waals surface area contributed by atoms with Gasteiger partial charge >= 0.3 is 0 Å². The first-order chi connectivity index (χ1) is 13.9. The molecule has 2 aromatic heterocycles. The molecule has 0 unspecified atom stereocenters. The van der Waals surface area contributed by atoms with Crippen molar-refractivity contribution in [3.63, 3.8) is 0 Å². The number of anilines is 1. The summed E-state index contributed by atoms with van der Waals surface area (Å²) >= 11 is 7.21. The molecule has 0 aliphatic rings. The van der Waals surface area contributed by atoms with Gasteiger partial charge in [0, 0.05) is 17.5 Å². The number of carbonyl (C=O) groups excluding carboxylic acids is 1. The van der Waals surface area contributed by atoms with Crippen LogP contribution in [0.5, 0.6) is 0 Å². The van der Waals surface area contributed by atoms with E-state index in [0.717, 1.165) is 10.9 Å². The molecule has 1 N–H and O–H groups in total. The molecular weight excluding hydrogens is 416 g/mol. The predicted octanol–water partition coefficient (Wildman–Crippen LogP) is 3.88. The summed E-state index contributed by atoms with van der Waals surface area (Å²) in [7, 11) is 0. The number of halogens is 1. The van der Waals surface area contributed by atoms with Crippen molar-refractivity contribution in [2.45, 2.75) is 12.1 Å². The lowest BCUT2D eigenvalue weighted by atomic mass is 10.2. The van der Waals surface area contributed by atoms with Crippen molar-refractivity contribution in [2.24, 2.45) is 0 Å². The number of hydrogen-bond donors (Lipinski definition) is 1. The lowest BCUT2D eigenvalue weighted by Gasteiger charge is -2.08. The monoisotopic (exact) mass is 428 g/mol. The highest BCUT2D eigenvalue weighted by Crippen LogP contribution is 2.28. The molecule has 4 rings (SSSR count). The Morgan fingerprint density at radius 3 is 2.86 bits per heavy atom. The molecule has 4 aromatic rings. The first-order valence-corrected chi connectivity index (χ1v) is 9.77. The number of para-hydroxylation sites is 1. The van der Waals surface area contributed by atoms with Crippen LogP contribution in [-0.4, -0.2) is 36.2 Å². The molecular formula is C18H13ClN6O3S. The van der Waals surface area contributed by atoms with Crippen molar-refractivity contribution in [1.29, 1.82) is 0 Å². The fraction of sp³-hybridized carbons (Fsp3) is 0.111. The minimum absolute atomic E-state index is 0.0123. The molecule has 0 saturated carbocycles. The molecule has 0 radical (unpaired) electrons. The second-order valence-electron chi connectivity index (χ2n) is 6.06. The summed E-state index contributed by atoms with van der Waals surface area (Å²) < 4.78 is 1.61. The summed E-state index contributed by atoms with van der Waals surface area (Å²) in [5, 5.41) is 19.5. The van der Waals surface area contributed by atoms with Gasteiger partial charge in [0.2, 0.25) is 5.91 Å². The Kier molecular flexibility index (Phi) is 5.03. The van der Waals surface area contributed by atoms with E-state index in [1.165, 1.54) is 30.0 Å². The van der Waals surface area contributed by atoms with Gasteiger partial charge in [-0.05, 0) is 25.1 Å². The zero-order chi connectivity index (χ0) is 20.5. The number of amides is 1. The normalized spacial score (nSPS) is 11.1. The van der Waals surface area contributed by atoms with Crippen LogP contribution >= 0.6 is 23.4 Å². The van der Waals surface area contributed by atoms with Crippen LogP contribution in [0.25, 0.3) is 16.6 Å². The topological polar surface area (TPSA) is 115 Å². The van der Waals surface area contributed by atoms with Crippen LogP contribution in [-0.2, 0) is 4.79 Å². The van der Waals surface area contributed by atoms with E-state index in [1.807, 2.05) is 24.3 Å².